The molecule has 0 saturated carbocycles. The molecule has 0 N–H and O–H groups in total. The largest absolute Gasteiger partial charge is 0.465 e. The smallest absolute Gasteiger partial charge is 0.338 e. The summed E-state index contributed by atoms with van der Waals surface area (Å²) in [6.45, 7) is 1.79. The summed E-state index contributed by atoms with van der Waals surface area (Å²) < 4.78 is 23.2. The van der Waals surface area contributed by atoms with Gasteiger partial charge in [0.15, 0.2) is 0 Å². The average Bonchev–Trinajstić information content (AvgIpc) is 2.42. The molecule has 0 spiro atoms. The third-order valence-corrected chi connectivity index (χ3v) is 2.52. The first kappa shape index (κ1) is 13.0. The lowest BCUT2D eigenvalue weighted by Gasteiger charge is -2.08. The number of carbonyl (C=O) groups is 1. The Morgan fingerprint density at radius 3 is 2.79 bits per heavy atom. The van der Waals surface area contributed by atoms with Gasteiger partial charge in [-0.25, -0.2) is 14.2 Å². The number of pyridine rings is 1. The second kappa shape index (κ2) is 5.48. The van der Waals surface area contributed by atoms with Crippen LogP contribution in [0.4, 0.5) is 4.39 Å². The van der Waals surface area contributed by atoms with Crippen molar-refractivity contribution in [2.75, 3.05) is 7.11 Å². The first-order valence-electron chi connectivity index (χ1n) is 5.58. The molecule has 1 aromatic heterocycles. The Morgan fingerprint density at radius 1 is 1.26 bits per heavy atom. The molecular formula is C14H12FNO3. The molecule has 0 aliphatic rings. The van der Waals surface area contributed by atoms with Crippen molar-refractivity contribution in [2.24, 2.45) is 0 Å². The van der Waals surface area contributed by atoms with Crippen LogP contribution in [0.25, 0.3) is 0 Å². The van der Waals surface area contributed by atoms with E-state index in [0.29, 0.717) is 11.3 Å². The van der Waals surface area contributed by atoms with Crippen LogP contribution in [0.15, 0.2) is 36.5 Å². The zero-order valence-electron chi connectivity index (χ0n) is 10.5. The molecule has 0 aliphatic carbocycles. The monoisotopic (exact) mass is 261 g/mol. The SMILES string of the molecule is COC(=O)c1ccnc(Oc2cc(F)ccc2C)c1. The van der Waals surface area contributed by atoms with Gasteiger partial charge in [0.25, 0.3) is 0 Å². The minimum absolute atomic E-state index is 0.205. The molecule has 0 unspecified atom stereocenters. The summed E-state index contributed by atoms with van der Waals surface area (Å²) in [6, 6.07) is 7.17. The maximum Gasteiger partial charge on any atom is 0.338 e. The maximum atomic E-state index is 13.1. The summed E-state index contributed by atoms with van der Waals surface area (Å²) >= 11 is 0. The van der Waals surface area contributed by atoms with Gasteiger partial charge in [-0.3, -0.25) is 0 Å². The van der Waals surface area contributed by atoms with Crippen molar-refractivity contribution in [3.63, 3.8) is 0 Å². The number of hydrogen-bond acceptors (Lipinski definition) is 4. The second-order valence-corrected chi connectivity index (χ2v) is 3.89. The number of ether oxygens (including phenoxy) is 2. The number of nitrogens with zero attached hydrogens (tertiary/aromatic N) is 1. The predicted molar refractivity (Wildman–Crippen MR) is 66.8 cm³/mol. The van der Waals surface area contributed by atoms with E-state index in [0.717, 1.165) is 5.56 Å². The van der Waals surface area contributed by atoms with E-state index in [2.05, 4.69) is 9.72 Å². The van der Waals surface area contributed by atoms with Crippen LogP contribution in [0.3, 0.4) is 0 Å². The van der Waals surface area contributed by atoms with E-state index in [-0.39, 0.29) is 5.88 Å². The van der Waals surface area contributed by atoms with Crippen LogP contribution in [0.5, 0.6) is 11.6 Å². The lowest BCUT2D eigenvalue weighted by Crippen LogP contribution is -2.02. The normalized spacial score (nSPS) is 10.1. The minimum atomic E-state index is -0.483. The van der Waals surface area contributed by atoms with Gasteiger partial charge in [-0.15, -0.1) is 0 Å². The molecule has 0 fully saturated rings. The topological polar surface area (TPSA) is 48.4 Å². The third-order valence-electron chi connectivity index (χ3n) is 2.52. The fourth-order valence-corrected chi connectivity index (χ4v) is 1.51. The number of esters is 1. The van der Waals surface area contributed by atoms with Gasteiger partial charge >= 0.3 is 5.97 Å². The van der Waals surface area contributed by atoms with E-state index in [1.165, 1.54) is 37.6 Å². The first-order valence-corrected chi connectivity index (χ1v) is 5.58. The Hall–Kier alpha value is -2.43. The Kier molecular flexibility index (Phi) is 3.75. The van der Waals surface area contributed by atoms with Crippen molar-refractivity contribution in [1.29, 1.82) is 0 Å². The molecule has 19 heavy (non-hydrogen) atoms. The second-order valence-electron chi connectivity index (χ2n) is 3.89. The van der Waals surface area contributed by atoms with E-state index >= 15 is 0 Å². The number of carbonyl (C=O) groups excluding carboxylic acids is 1. The van der Waals surface area contributed by atoms with Gasteiger partial charge in [0.2, 0.25) is 5.88 Å². The van der Waals surface area contributed by atoms with E-state index < -0.39 is 11.8 Å². The number of aryl methyl sites for hydroxylation is 1. The summed E-state index contributed by atoms with van der Waals surface area (Å²) in [4.78, 5) is 15.3. The predicted octanol–water partition coefficient (Wildman–Crippen LogP) is 3.11. The minimum Gasteiger partial charge on any atom is -0.465 e. The summed E-state index contributed by atoms with van der Waals surface area (Å²) in [7, 11) is 1.29. The molecule has 1 heterocycles. The number of hydrogen-bond donors (Lipinski definition) is 0. The van der Waals surface area contributed by atoms with E-state index in [1.807, 2.05) is 0 Å². The van der Waals surface area contributed by atoms with E-state index in [4.69, 9.17) is 4.74 Å². The van der Waals surface area contributed by atoms with Crippen molar-refractivity contribution < 1.29 is 18.7 Å². The van der Waals surface area contributed by atoms with Gasteiger partial charge in [-0.2, -0.15) is 0 Å². The Morgan fingerprint density at radius 2 is 2.05 bits per heavy atom. The number of methoxy groups -OCH3 is 1. The molecule has 5 heteroatoms. The van der Waals surface area contributed by atoms with Gasteiger partial charge in [0.05, 0.1) is 12.7 Å². The van der Waals surface area contributed by atoms with Gasteiger partial charge in [-0.05, 0) is 24.6 Å². The Balaban J connectivity index is 2.28. The first-order chi connectivity index (χ1) is 9.10. The van der Waals surface area contributed by atoms with Crippen LogP contribution in [-0.4, -0.2) is 18.1 Å². The molecule has 0 aliphatic heterocycles. The van der Waals surface area contributed by atoms with Crippen LogP contribution < -0.4 is 4.74 Å². The van der Waals surface area contributed by atoms with E-state index in [1.54, 1.807) is 13.0 Å². The molecule has 2 rings (SSSR count). The summed E-state index contributed by atoms with van der Waals surface area (Å²) in [5, 5.41) is 0. The molecular weight excluding hydrogens is 249 g/mol. The summed E-state index contributed by atoms with van der Waals surface area (Å²) in [6.07, 6.45) is 1.43. The van der Waals surface area contributed by atoms with Gasteiger partial charge in [0, 0.05) is 18.3 Å². The number of halogens is 1. The fourth-order valence-electron chi connectivity index (χ4n) is 1.51. The van der Waals surface area contributed by atoms with Gasteiger partial charge in [-0.1, -0.05) is 6.07 Å². The van der Waals surface area contributed by atoms with Crippen LogP contribution >= 0.6 is 0 Å². The zero-order valence-corrected chi connectivity index (χ0v) is 10.5. The van der Waals surface area contributed by atoms with Crippen molar-refractivity contribution in [2.45, 2.75) is 6.92 Å². The van der Waals surface area contributed by atoms with Crippen LogP contribution in [0, 0.1) is 12.7 Å². The van der Waals surface area contributed by atoms with Crippen molar-refractivity contribution >= 4 is 5.97 Å². The molecule has 0 bridgehead atoms. The highest BCUT2D eigenvalue weighted by Crippen LogP contribution is 2.24. The Bertz CT molecular complexity index is 613. The van der Waals surface area contributed by atoms with Gasteiger partial charge in [0.1, 0.15) is 11.6 Å². The fraction of sp³-hybridized carbons (Fsp3) is 0.143. The summed E-state index contributed by atoms with van der Waals surface area (Å²) in [5.74, 6) is -0.320. The molecule has 0 atom stereocenters. The number of rotatable bonds is 3. The van der Waals surface area contributed by atoms with Crippen LogP contribution in [0.1, 0.15) is 15.9 Å². The quantitative estimate of drug-likeness (QED) is 0.796. The molecule has 0 amide bonds. The van der Waals surface area contributed by atoms with E-state index in [9.17, 15) is 9.18 Å². The molecule has 0 saturated heterocycles. The molecule has 2 aromatic rings. The third kappa shape index (κ3) is 3.07. The molecule has 4 nitrogen and oxygen atoms in total. The highest BCUT2D eigenvalue weighted by atomic mass is 19.1. The Labute approximate surface area is 109 Å². The standard InChI is InChI=1S/C14H12FNO3/c1-9-3-4-11(15)8-12(9)19-13-7-10(5-6-16-13)14(17)18-2/h3-8H,1-2H3. The van der Waals surface area contributed by atoms with Crippen molar-refractivity contribution in [3.8, 4) is 11.6 Å². The highest BCUT2D eigenvalue weighted by Gasteiger charge is 2.09. The highest BCUT2D eigenvalue weighted by molar-refractivity contribution is 5.89. The lowest BCUT2D eigenvalue weighted by molar-refractivity contribution is 0.0600. The van der Waals surface area contributed by atoms with Crippen LogP contribution in [0.2, 0.25) is 0 Å². The molecule has 98 valence electrons. The van der Waals surface area contributed by atoms with Gasteiger partial charge < -0.3 is 9.47 Å². The zero-order chi connectivity index (χ0) is 13.8. The van der Waals surface area contributed by atoms with Crippen molar-refractivity contribution in [3.05, 3.63) is 53.5 Å². The summed E-state index contributed by atoms with van der Waals surface area (Å²) in [5.41, 5.74) is 1.09. The molecule has 1 aromatic carbocycles. The average molecular weight is 261 g/mol. The van der Waals surface area contributed by atoms with Crippen LogP contribution in [-0.2, 0) is 4.74 Å². The number of aromatic nitrogens is 1. The van der Waals surface area contributed by atoms with Crippen molar-refractivity contribution in [1.82, 2.24) is 4.98 Å². The molecule has 0 radical (unpaired) electrons. The maximum absolute atomic E-state index is 13.1. The lowest BCUT2D eigenvalue weighted by atomic mass is 10.2. The number of benzene rings is 1.